The summed E-state index contributed by atoms with van der Waals surface area (Å²) in [6.07, 6.45) is 0. The minimum atomic E-state index is 1.11. The van der Waals surface area contributed by atoms with Gasteiger partial charge in [0.15, 0.2) is 0 Å². The van der Waals surface area contributed by atoms with Gasteiger partial charge in [-0.25, -0.2) is 0 Å². The highest BCUT2D eigenvalue weighted by Gasteiger charge is 2.16. The lowest BCUT2D eigenvalue weighted by atomic mass is 9.98. The van der Waals surface area contributed by atoms with Crippen molar-refractivity contribution in [3.63, 3.8) is 0 Å². The van der Waals surface area contributed by atoms with E-state index in [1.165, 1.54) is 75.5 Å². The van der Waals surface area contributed by atoms with E-state index >= 15 is 0 Å². The van der Waals surface area contributed by atoms with E-state index in [1.807, 2.05) is 11.3 Å². The van der Waals surface area contributed by atoms with Crippen LogP contribution in [0.2, 0.25) is 0 Å². The normalized spacial score (nSPS) is 11.3. The Bertz CT molecular complexity index is 2800. The lowest BCUT2D eigenvalue weighted by molar-refractivity contribution is 1.28. The third-order valence-corrected chi connectivity index (χ3v) is 11.7. The molecule has 0 N–H and O–H groups in total. The second-order valence-electron chi connectivity index (χ2n) is 13.7. The zero-order valence-corrected chi connectivity index (χ0v) is 30.4. The first-order valence-electron chi connectivity index (χ1n) is 18.4. The van der Waals surface area contributed by atoms with Gasteiger partial charge in [-0.1, -0.05) is 170 Å². The van der Waals surface area contributed by atoms with Crippen LogP contribution in [0, 0.1) is 0 Å². The van der Waals surface area contributed by atoms with Crippen LogP contribution < -0.4 is 4.90 Å². The van der Waals surface area contributed by atoms with Crippen LogP contribution in [0.15, 0.2) is 212 Å². The minimum absolute atomic E-state index is 1.11. The summed E-state index contributed by atoms with van der Waals surface area (Å²) in [7, 11) is 0. The lowest BCUT2D eigenvalue weighted by Gasteiger charge is -2.26. The molecule has 0 atom stereocenters. The number of rotatable bonds is 7. The molecule has 0 aliphatic rings. The summed E-state index contributed by atoms with van der Waals surface area (Å²) in [6, 6.07) is 76.9. The van der Waals surface area contributed by atoms with Crippen molar-refractivity contribution in [3.8, 4) is 43.8 Å². The van der Waals surface area contributed by atoms with Gasteiger partial charge in [-0.2, -0.15) is 0 Å². The summed E-state index contributed by atoms with van der Waals surface area (Å²) < 4.78 is 1.35. The first-order valence-corrected chi connectivity index (χ1v) is 19.2. The Kier molecular flexibility index (Phi) is 8.09. The highest BCUT2D eigenvalue weighted by atomic mass is 32.1. The first kappa shape index (κ1) is 32.0. The fourth-order valence-corrected chi connectivity index (χ4v) is 8.96. The van der Waals surface area contributed by atoms with E-state index in [9.17, 15) is 0 Å². The Morgan fingerprint density at radius 3 is 1.02 bits per heavy atom. The summed E-state index contributed by atoms with van der Waals surface area (Å²) in [6.45, 7) is 0. The van der Waals surface area contributed by atoms with Gasteiger partial charge in [0.2, 0.25) is 0 Å². The van der Waals surface area contributed by atoms with Crippen molar-refractivity contribution in [2.24, 2.45) is 0 Å². The minimum Gasteiger partial charge on any atom is -0.311 e. The summed E-state index contributed by atoms with van der Waals surface area (Å²) >= 11 is 1.89. The topological polar surface area (TPSA) is 3.24 Å². The molecule has 54 heavy (non-hydrogen) atoms. The number of hydrogen-bond acceptors (Lipinski definition) is 2. The van der Waals surface area contributed by atoms with Gasteiger partial charge in [-0.3, -0.25) is 0 Å². The van der Waals surface area contributed by atoms with E-state index < -0.39 is 0 Å². The zero-order chi connectivity index (χ0) is 35.8. The quantitative estimate of drug-likeness (QED) is 0.149. The van der Waals surface area contributed by atoms with Crippen molar-refractivity contribution in [1.82, 2.24) is 0 Å². The van der Waals surface area contributed by atoms with Crippen molar-refractivity contribution >= 4 is 60.0 Å². The Hall–Kier alpha value is -6.74. The van der Waals surface area contributed by atoms with Crippen LogP contribution in [0.25, 0.3) is 75.5 Å². The van der Waals surface area contributed by atoms with E-state index in [0.717, 1.165) is 17.1 Å². The maximum atomic E-state index is 2.38. The molecule has 1 nitrogen and oxygen atoms in total. The third-order valence-electron chi connectivity index (χ3n) is 10.5. The standard InChI is InChI=1S/C52H35NS/c1-3-11-36(12-4-1)38-19-21-39(22-20-38)41-25-31-44(32-26-41)53(43-29-23-40(24-30-43)37-13-5-2-6-14-37)45-33-27-42(28-34-45)51-35-50-48-17-8-7-15-46(48)47-16-9-10-18-49(47)52(50)54-51/h1-35H. The average Bonchev–Trinajstić information content (AvgIpc) is 3.72. The Morgan fingerprint density at radius 2 is 0.574 bits per heavy atom. The first-order chi connectivity index (χ1) is 26.8. The van der Waals surface area contributed by atoms with Crippen LogP contribution in [0.3, 0.4) is 0 Å². The molecule has 10 aromatic rings. The van der Waals surface area contributed by atoms with E-state index in [-0.39, 0.29) is 0 Å². The molecule has 2 heteroatoms. The van der Waals surface area contributed by atoms with Crippen molar-refractivity contribution in [1.29, 1.82) is 0 Å². The molecule has 0 aliphatic heterocycles. The SMILES string of the molecule is c1ccc(-c2ccc(-c3ccc(N(c4ccc(-c5ccccc5)cc4)c4ccc(-c5cc6c7ccccc7c7ccccc7c6s5)cc4)cc3)cc2)cc1. The van der Waals surface area contributed by atoms with Crippen LogP contribution in [-0.2, 0) is 0 Å². The summed E-state index contributed by atoms with van der Waals surface area (Å²) in [5, 5.41) is 6.58. The van der Waals surface area contributed by atoms with Gasteiger partial charge in [0.1, 0.15) is 0 Å². The maximum Gasteiger partial charge on any atom is 0.0462 e. The fraction of sp³-hybridized carbons (Fsp3) is 0. The summed E-state index contributed by atoms with van der Waals surface area (Å²) in [5.74, 6) is 0. The van der Waals surface area contributed by atoms with Gasteiger partial charge in [0.25, 0.3) is 0 Å². The molecule has 1 heterocycles. The van der Waals surface area contributed by atoms with Crippen molar-refractivity contribution in [2.45, 2.75) is 0 Å². The monoisotopic (exact) mass is 705 g/mol. The number of nitrogens with zero attached hydrogens (tertiary/aromatic N) is 1. The fourth-order valence-electron chi connectivity index (χ4n) is 7.75. The lowest BCUT2D eigenvalue weighted by Crippen LogP contribution is -2.09. The third kappa shape index (κ3) is 5.84. The number of fused-ring (bicyclic) bond motifs is 6. The molecule has 254 valence electrons. The van der Waals surface area contributed by atoms with Gasteiger partial charge in [0, 0.05) is 37.4 Å². The molecule has 0 bridgehead atoms. The zero-order valence-electron chi connectivity index (χ0n) is 29.6. The molecule has 1 aromatic heterocycles. The van der Waals surface area contributed by atoms with Crippen molar-refractivity contribution in [2.75, 3.05) is 4.90 Å². The molecule has 0 spiro atoms. The predicted molar refractivity (Wildman–Crippen MR) is 233 cm³/mol. The highest BCUT2D eigenvalue weighted by Crippen LogP contribution is 2.44. The number of benzene rings is 9. The molecule has 0 radical (unpaired) electrons. The van der Waals surface area contributed by atoms with Crippen molar-refractivity contribution in [3.05, 3.63) is 212 Å². The van der Waals surface area contributed by atoms with E-state index in [0.29, 0.717) is 0 Å². The van der Waals surface area contributed by atoms with Crippen LogP contribution in [0.5, 0.6) is 0 Å². The van der Waals surface area contributed by atoms with E-state index in [1.54, 1.807) is 0 Å². The molecular weight excluding hydrogens is 671 g/mol. The summed E-state index contributed by atoms with van der Waals surface area (Å²) in [4.78, 5) is 3.63. The number of thiophene rings is 1. The van der Waals surface area contributed by atoms with E-state index in [2.05, 4.69) is 217 Å². The number of hydrogen-bond donors (Lipinski definition) is 0. The molecule has 10 rings (SSSR count). The molecule has 0 unspecified atom stereocenters. The van der Waals surface area contributed by atoms with Crippen LogP contribution in [-0.4, -0.2) is 0 Å². The van der Waals surface area contributed by atoms with Crippen molar-refractivity contribution < 1.29 is 0 Å². The van der Waals surface area contributed by atoms with Gasteiger partial charge >= 0.3 is 0 Å². The van der Waals surface area contributed by atoms with Crippen LogP contribution >= 0.6 is 11.3 Å². The predicted octanol–water partition coefficient (Wildman–Crippen LogP) is 15.3. The Labute approximate surface area is 319 Å². The summed E-state index contributed by atoms with van der Waals surface area (Å²) in [5.41, 5.74) is 11.8. The van der Waals surface area contributed by atoms with Gasteiger partial charge in [-0.05, 0) is 97.6 Å². The van der Waals surface area contributed by atoms with Crippen LogP contribution in [0.1, 0.15) is 0 Å². The molecule has 0 amide bonds. The maximum absolute atomic E-state index is 2.38. The molecule has 0 aliphatic carbocycles. The highest BCUT2D eigenvalue weighted by molar-refractivity contribution is 7.23. The largest absolute Gasteiger partial charge is 0.311 e. The second kappa shape index (κ2) is 13.7. The molecule has 0 saturated carbocycles. The van der Waals surface area contributed by atoms with Gasteiger partial charge < -0.3 is 4.90 Å². The smallest absolute Gasteiger partial charge is 0.0462 e. The molecular formula is C52H35NS. The van der Waals surface area contributed by atoms with Gasteiger partial charge in [-0.15, -0.1) is 11.3 Å². The second-order valence-corrected chi connectivity index (χ2v) is 14.8. The molecule has 0 saturated heterocycles. The molecule has 9 aromatic carbocycles. The van der Waals surface area contributed by atoms with E-state index in [4.69, 9.17) is 0 Å². The van der Waals surface area contributed by atoms with Crippen LogP contribution in [0.4, 0.5) is 17.1 Å². The average molecular weight is 706 g/mol. The Morgan fingerprint density at radius 1 is 0.259 bits per heavy atom. The number of anilines is 3. The van der Waals surface area contributed by atoms with Gasteiger partial charge in [0.05, 0.1) is 0 Å². The molecule has 0 fully saturated rings. The Balaban J connectivity index is 1.02.